The van der Waals surface area contributed by atoms with Gasteiger partial charge in [0.15, 0.2) is 0 Å². The van der Waals surface area contributed by atoms with Gasteiger partial charge in [-0.3, -0.25) is 9.48 Å². The van der Waals surface area contributed by atoms with Gasteiger partial charge in [-0.15, -0.1) is 0 Å². The van der Waals surface area contributed by atoms with Gasteiger partial charge in [0.1, 0.15) is 22.6 Å². The summed E-state index contributed by atoms with van der Waals surface area (Å²) in [5.74, 6) is 1.75. The molecule has 2 aromatic heterocycles. The molecule has 0 bridgehead atoms. The van der Waals surface area contributed by atoms with Gasteiger partial charge in [-0.1, -0.05) is 24.3 Å². The predicted octanol–water partition coefficient (Wildman–Crippen LogP) is 6.19. The third kappa shape index (κ3) is 6.11. The summed E-state index contributed by atoms with van der Waals surface area (Å²) in [6.45, 7) is 8.29. The Hall–Kier alpha value is -5.37. The Morgan fingerprint density at radius 1 is 1.11 bits per heavy atom. The van der Waals surface area contributed by atoms with Crippen LogP contribution in [0.3, 0.4) is 0 Å². The zero-order chi connectivity index (χ0) is 32.6. The average Bonchev–Trinajstić information content (AvgIpc) is 3.64. The summed E-state index contributed by atoms with van der Waals surface area (Å²) in [5.41, 5.74) is 3.67. The average molecular weight is 621 g/mol. The number of methoxy groups -OCH3 is 1. The first-order valence-electron chi connectivity index (χ1n) is 15.1. The molecule has 2 aliphatic rings. The van der Waals surface area contributed by atoms with Crippen LogP contribution in [0, 0.1) is 18.3 Å². The van der Waals surface area contributed by atoms with E-state index in [2.05, 4.69) is 16.2 Å². The number of oxazole rings is 1. The fourth-order valence-corrected chi connectivity index (χ4v) is 5.77. The number of fused-ring (bicyclic) bond motifs is 1. The van der Waals surface area contributed by atoms with E-state index < -0.39 is 17.2 Å². The normalized spacial score (nSPS) is 15.7. The van der Waals surface area contributed by atoms with Crippen LogP contribution < -0.4 is 9.64 Å². The highest BCUT2D eigenvalue weighted by Gasteiger charge is 2.48. The highest BCUT2D eigenvalue weighted by atomic mass is 16.6. The molecule has 11 nitrogen and oxygen atoms in total. The molecular formula is C35H36N6O5. The molecular weight excluding hydrogens is 584 g/mol. The van der Waals surface area contributed by atoms with Crippen LogP contribution in [0.15, 0.2) is 65.5 Å². The third-order valence-electron chi connectivity index (χ3n) is 8.12. The number of likely N-dealkylation sites (tertiary alicyclic amines) is 1. The highest BCUT2D eigenvalue weighted by molar-refractivity contribution is 6.06. The van der Waals surface area contributed by atoms with E-state index >= 15 is 0 Å². The van der Waals surface area contributed by atoms with Gasteiger partial charge in [0.25, 0.3) is 0 Å². The van der Waals surface area contributed by atoms with Crippen molar-refractivity contribution in [2.75, 3.05) is 25.1 Å². The minimum Gasteiger partial charge on any atom is -0.497 e. The minimum absolute atomic E-state index is 0.0887. The maximum Gasteiger partial charge on any atom is 0.410 e. The van der Waals surface area contributed by atoms with Gasteiger partial charge in [0.2, 0.25) is 11.8 Å². The zero-order valence-electron chi connectivity index (χ0n) is 26.6. The second-order valence-electron chi connectivity index (χ2n) is 12.8. The van der Waals surface area contributed by atoms with Gasteiger partial charge in [-0.05, 0) is 68.7 Å². The van der Waals surface area contributed by atoms with Crippen molar-refractivity contribution >= 4 is 29.3 Å². The number of hydrogen-bond donors (Lipinski definition) is 0. The smallest absolute Gasteiger partial charge is 0.410 e. The number of nitriles is 1. The number of ether oxygens (including phenoxy) is 2. The third-order valence-corrected chi connectivity index (χ3v) is 8.12. The Morgan fingerprint density at radius 3 is 2.52 bits per heavy atom. The van der Waals surface area contributed by atoms with Crippen molar-refractivity contribution in [2.45, 2.75) is 58.2 Å². The first kappa shape index (κ1) is 30.6. The zero-order valence-corrected chi connectivity index (χ0v) is 26.6. The topological polar surface area (TPSA) is 127 Å². The standard InChI is InChI=1S/C35H36N6O5/c1-23-17-37-32(45-23)27-14-26-9-8-25(15-30(26)40(31(42)16-27)19-24-6-10-29(44-5)11-7-24)28-18-38-41(20-28)35(12-13-36)21-39(22-35)33(43)46-34(2,3)4/h6-11,14-15,17-18,20H,12,16,19,21-22H2,1-5H3. The van der Waals surface area contributed by atoms with Crippen LogP contribution in [-0.4, -0.2) is 57.5 Å². The summed E-state index contributed by atoms with van der Waals surface area (Å²) in [6, 6.07) is 15.9. The Bertz CT molecular complexity index is 1850. The lowest BCUT2D eigenvalue weighted by molar-refractivity contribution is -0.117. The molecule has 46 heavy (non-hydrogen) atoms. The van der Waals surface area contributed by atoms with Crippen LogP contribution in [0.2, 0.25) is 0 Å². The lowest BCUT2D eigenvalue weighted by Crippen LogP contribution is -2.64. The van der Waals surface area contributed by atoms with Crippen molar-refractivity contribution in [1.29, 1.82) is 5.26 Å². The van der Waals surface area contributed by atoms with Gasteiger partial charge >= 0.3 is 6.09 Å². The van der Waals surface area contributed by atoms with Crippen LogP contribution in [-0.2, 0) is 21.6 Å². The van der Waals surface area contributed by atoms with Gasteiger partial charge in [0, 0.05) is 17.3 Å². The van der Waals surface area contributed by atoms with Crippen molar-refractivity contribution < 1.29 is 23.5 Å². The maximum atomic E-state index is 13.9. The van der Waals surface area contributed by atoms with Gasteiger partial charge < -0.3 is 23.7 Å². The number of benzene rings is 2. The van der Waals surface area contributed by atoms with Crippen molar-refractivity contribution in [2.24, 2.45) is 0 Å². The Balaban J connectivity index is 1.33. The highest BCUT2D eigenvalue weighted by Crippen LogP contribution is 2.38. The van der Waals surface area contributed by atoms with Crippen LogP contribution in [0.25, 0.3) is 22.8 Å². The van der Waals surface area contributed by atoms with Gasteiger partial charge in [-0.25, -0.2) is 9.78 Å². The van der Waals surface area contributed by atoms with E-state index in [9.17, 15) is 14.9 Å². The molecule has 0 radical (unpaired) electrons. The number of carbonyl (C=O) groups excluding carboxylic acids is 2. The van der Waals surface area contributed by atoms with Crippen LogP contribution in [0.5, 0.6) is 5.75 Å². The number of nitrogens with zero attached hydrogens (tertiary/aromatic N) is 6. The molecule has 4 heterocycles. The fourth-order valence-electron chi connectivity index (χ4n) is 5.77. The molecule has 2 aliphatic heterocycles. The van der Waals surface area contributed by atoms with Crippen LogP contribution in [0.4, 0.5) is 10.5 Å². The molecule has 236 valence electrons. The molecule has 11 heteroatoms. The molecule has 0 N–H and O–H groups in total. The second kappa shape index (κ2) is 11.9. The first-order chi connectivity index (χ1) is 22.0. The summed E-state index contributed by atoms with van der Waals surface area (Å²) in [5, 5.41) is 14.3. The Labute approximate surface area is 267 Å². The number of carbonyl (C=O) groups is 2. The minimum atomic E-state index is -0.655. The van der Waals surface area contributed by atoms with E-state index in [-0.39, 0.29) is 18.7 Å². The lowest BCUT2D eigenvalue weighted by Gasteiger charge is -2.48. The molecule has 2 amide bonds. The van der Waals surface area contributed by atoms with E-state index in [1.165, 1.54) is 0 Å². The number of aromatic nitrogens is 3. The molecule has 1 fully saturated rings. The molecule has 4 aromatic rings. The van der Waals surface area contributed by atoms with Crippen LogP contribution in [0.1, 0.15) is 56.4 Å². The second-order valence-corrected chi connectivity index (χ2v) is 12.8. The Morgan fingerprint density at radius 2 is 1.87 bits per heavy atom. The van der Waals surface area contributed by atoms with E-state index in [0.29, 0.717) is 36.9 Å². The monoisotopic (exact) mass is 620 g/mol. The SMILES string of the molecule is COc1ccc(CN2C(=O)CC(c3ncc(C)o3)=Cc3ccc(-c4cnn(C5(CC#N)CN(C(=O)OC(C)(C)C)C5)c4)cc32)cc1. The largest absolute Gasteiger partial charge is 0.497 e. The van der Waals surface area contributed by atoms with Crippen molar-refractivity contribution in [3.05, 3.63) is 83.8 Å². The van der Waals surface area contributed by atoms with Crippen molar-refractivity contribution in [3.8, 4) is 22.9 Å². The van der Waals surface area contributed by atoms with Crippen molar-refractivity contribution in [1.82, 2.24) is 19.7 Å². The van der Waals surface area contributed by atoms with E-state index in [0.717, 1.165) is 33.7 Å². The fraction of sp³-hybridized carbons (Fsp3) is 0.343. The van der Waals surface area contributed by atoms with E-state index in [4.69, 9.17) is 13.9 Å². The lowest BCUT2D eigenvalue weighted by atomic mass is 9.87. The molecule has 0 saturated carbocycles. The quantitative estimate of drug-likeness (QED) is 0.239. The number of rotatable bonds is 7. The van der Waals surface area contributed by atoms with E-state index in [1.54, 1.807) is 34.0 Å². The predicted molar refractivity (Wildman–Crippen MR) is 172 cm³/mol. The van der Waals surface area contributed by atoms with Gasteiger partial charge in [-0.2, -0.15) is 10.4 Å². The molecule has 0 atom stereocenters. The summed E-state index contributed by atoms with van der Waals surface area (Å²) >= 11 is 0. The molecule has 1 saturated heterocycles. The summed E-state index contributed by atoms with van der Waals surface area (Å²) in [4.78, 5) is 34.3. The molecule has 6 rings (SSSR count). The van der Waals surface area contributed by atoms with Crippen LogP contribution >= 0.6 is 0 Å². The number of hydrogen-bond acceptors (Lipinski definition) is 8. The number of anilines is 1. The summed E-state index contributed by atoms with van der Waals surface area (Å²) < 4.78 is 18.4. The molecule has 0 spiro atoms. The molecule has 2 aromatic carbocycles. The number of aryl methyl sites for hydroxylation is 1. The first-order valence-corrected chi connectivity index (χ1v) is 15.1. The van der Waals surface area contributed by atoms with E-state index in [1.807, 2.05) is 82.4 Å². The summed E-state index contributed by atoms with van der Waals surface area (Å²) in [7, 11) is 1.62. The Kier molecular flexibility index (Phi) is 7.90. The van der Waals surface area contributed by atoms with Crippen molar-refractivity contribution in [3.63, 3.8) is 0 Å². The summed E-state index contributed by atoms with van der Waals surface area (Å²) in [6.07, 6.45) is 7.17. The number of amides is 2. The molecule has 0 unspecified atom stereocenters. The van der Waals surface area contributed by atoms with Gasteiger partial charge in [0.05, 0.1) is 63.7 Å². The molecule has 0 aliphatic carbocycles. The maximum absolute atomic E-state index is 13.9.